The number of hydrogen-bond donors (Lipinski definition) is 2. The SMILES string of the molecule is COc1ccc(OC)c(Nc2nc(C)cc(NCCN(C)C)n2)c1. The lowest BCUT2D eigenvalue weighted by Gasteiger charge is -2.14. The lowest BCUT2D eigenvalue weighted by molar-refractivity contribution is 0.405. The highest BCUT2D eigenvalue weighted by molar-refractivity contribution is 5.65. The van der Waals surface area contributed by atoms with E-state index in [1.807, 2.05) is 45.3 Å². The highest BCUT2D eigenvalue weighted by atomic mass is 16.5. The van der Waals surface area contributed by atoms with Crippen LogP contribution < -0.4 is 20.1 Å². The Morgan fingerprint density at radius 1 is 1.08 bits per heavy atom. The van der Waals surface area contributed by atoms with Crippen LogP contribution in [0.5, 0.6) is 11.5 Å². The molecule has 7 nitrogen and oxygen atoms in total. The summed E-state index contributed by atoms with van der Waals surface area (Å²) in [7, 11) is 7.32. The Labute approximate surface area is 143 Å². The van der Waals surface area contributed by atoms with Gasteiger partial charge in [-0.1, -0.05) is 0 Å². The van der Waals surface area contributed by atoms with Crippen LogP contribution in [-0.4, -0.2) is 56.3 Å². The Kier molecular flexibility index (Phi) is 6.20. The van der Waals surface area contributed by atoms with Crippen molar-refractivity contribution in [2.45, 2.75) is 6.92 Å². The van der Waals surface area contributed by atoms with Crippen LogP contribution in [0, 0.1) is 6.92 Å². The maximum absolute atomic E-state index is 5.37. The second-order valence-electron chi connectivity index (χ2n) is 5.64. The minimum atomic E-state index is 0.508. The normalized spacial score (nSPS) is 10.6. The number of hydrogen-bond acceptors (Lipinski definition) is 7. The molecule has 0 bridgehead atoms. The Bertz CT molecular complexity index is 676. The van der Waals surface area contributed by atoms with Crippen LogP contribution in [0.3, 0.4) is 0 Å². The van der Waals surface area contributed by atoms with Crippen molar-refractivity contribution in [1.82, 2.24) is 14.9 Å². The molecule has 0 aliphatic rings. The Morgan fingerprint density at radius 2 is 1.88 bits per heavy atom. The molecular weight excluding hydrogens is 306 g/mol. The average Bonchev–Trinajstić information content (AvgIpc) is 2.54. The third kappa shape index (κ3) is 4.99. The van der Waals surface area contributed by atoms with Gasteiger partial charge in [0, 0.05) is 30.9 Å². The molecule has 1 aromatic carbocycles. The smallest absolute Gasteiger partial charge is 0.229 e. The van der Waals surface area contributed by atoms with Crippen LogP contribution in [0.25, 0.3) is 0 Å². The summed E-state index contributed by atoms with van der Waals surface area (Å²) in [5.41, 5.74) is 1.63. The van der Waals surface area contributed by atoms with Gasteiger partial charge in [-0.05, 0) is 33.2 Å². The maximum Gasteiger partial charge on any atom is 0.229 e. The molecule has 0 amide bonds. The molecule has 0 spiro atoms. The fraction of sp³-hybridized carbons (Fsp3) is 0.412. The molecule has 2 rings (SSSR count). The zero-order valence-electron chi connectivity index (χ0n) is 14.9. The fourth-order valence-corrected chi connectivity index (χ4v) is 2.15. The van der Waals surface area contributed by atoms with Crippen LogP contribution in [0.1, 0.15) is 5.69 Å². The number of nitrogens with one attached hydrogen (secondary N) is 2. The number of anilines is 3. The van der Waals surface area contributed by atoms with Gasteiger partial charge in [0.05, 0.1) is 19.9 Å². The number of rotatable bonds is 8. The third-order valence-corrected chi connectivity index (χ3v) is 3.37. The number of likely N-dealkylation sites (N-methyl/N-ethyl adjacent to an activating group) is 1. The summed E-state index contributed by atoms with van der Waals surface area (Å²) in [5, 5.41) is 6.51. The van der Waals surface area contributed by atoms with Crippen LogP contribution in [0.4, 0.5) is 17.5 Å². The van der Waals surface area contributed by atoms with E-state index in [2.05, 4.69) is 25.5 Å². The fourth-order valence-electron chi connectivity index (χ4n) is 2.15. The molecule has 7 heteroatoms. The molecule has 0 atom stereocenters. The van der Waals surface area contributed by atoms with Gasteiger partial charge in [0.15, 0.2) is 0 Å². The van der Waals surface area contributed by atoms with Crippen molar-refractivity contribution >= 4 is 17.5 Å². The topological polar surface area (TPSA) is 71.5 Å². The summed E-state index contributed by atoms with van der Waals surface area (Å²) >= 11 is 0. The van der Waals surface area contributed by atoms with Crippen LogP contribution in [0.15, 0.2) is 24.3 Å². The lowest BCUT2D eigenvalue weighted by Crippen LogP contribution is -2.21. The number of nitrogens with zero attached hydrogens (tertiary/aromatic N) is 3. The van der Waals surface area contributed by atoms with E-state index < -0.39 is 0 Å². The van der Waals surface area contributed by atoms with Crippen molar-refractivity contribution in [2.24, 2.45) is 0 Å². The molecule has 130 valence electrons. The summed E-state index contributed by atoms with van der Waals surface area (Å²) in [6.45, 7) is 3.67. The van der Waals surface area contributed by atoms with E-state index in [1.54, 1.807) is 14.2 Å². The summed E-state index contributed by atoms with van der Waals surface area (Å²) in [4.78, 5) is 11.1. The Morgan fingerprint density at radius 3 is 2.54 bits per heavy atom. The number of benzene rings is 1. The first-order valence-electron chi connectivity index (χ1n) is 7.75. The van der Waals surface area contributed by atoms with Crippen molar-refractivity contribution in [3.63, 3.8) is 0 Å². The van der Waals surface area contributed by atoms with Gasteiger partial charge in [0.2, 0.25) is 5.95 Å². The summed E-state index contributed by atoms with van der Waals surface area (Å²) < 4.78 is 10.6. The monoisotopic (exact) mass is 331 g/mol. The highest BCUT2D eigenvalue weighted by Crippen LogP contribution is 2.30. The maximum atomic E-state index is 5.37. The van der Waals surface area contributed by atoms with Crippen molar-refractivity contribution < 1.29 is 9.47 Å². The van der Waals surface area contributed by atoms with Crippen LogP contribution in [0.2, 0.25) is 0 Å². The zero-order chi connectivity index (χ0) is 17.5. The Hall–Kier alpha value is -2.54. The third-order valence-electron chi connectivity index (χ3n) is 3.37. The minimum Gasteiger partial charge on any atom is -0.497 e. The van der Waals surface area contributed by atoms with Crippen LogP contribution in [-0.2, 0) is 0 Å². The van der Waals surface area contributed by atoms with Gasteiger partial charge in [0.1, 0.15) is 17.3 Å². The largest absolute Gasteiger partial charge is 0.497 e. The van der Waals surface area contributed by atoms with Gasteiger partial charge in [-0.25, -0.2) is 4.98 Å². The second-order valence-corrected chi connectivity index (χ2v) is 5.64. The van der Waals surface area contributed by atoms with Gasteiger partial charge in [-0.2, -0.15) is 4.98 Å². The van der Waals surface area contributed by atoms with E-state index in [0.29, 0.717) is 11.7 Å². The molecule has 0 radical (unpaired) electrons. The van der Waals surface area contributed by atoms with Gasteiger partial charge in [-0.3, -0.25) is 0 Å². The standard InChI is InChI=1S/C17H25N5O2/c1-12-10-16(18-8-9-22(2)3)21-17(19-12)20-14-11-13(23-4)6-7-15(14)24-5/h6-7,10-11H,8-9H2,1-5H3,(H2,18,19,20,21). The predicted octanol–water partition coefficient (Wildman–Crippen LogP) is 2.52. The van der Waals surface area contributed by atoms with Gasteiger partial charge in [0.25, 0.3) is 0 Å². The van der Waals surface area contributed by atoms with Crippen molar-refractivity contribution in [3.05, 3.63) is 30.0 Å². The first-order chi connectivity index (χ1) is 11.5. The number of ether oxygens (including phenoxy) is 2. The van der Waals surface area contributed by atoms with Gasteiger partial charge in [-0.15, -0.1) is 0 Å². The summed E-state index contributed by atoms with van der Waals surface area (Å²) in [6.07, 6.45) is 0. The molecule has 1 heterocycles. The van der Waals surface area contributed by atoms with Crippen molar-refractivity contribution in [1.29, 1.82) is 0 Å². The van der Waals surface area contributed by atoms with Gasteiger partial charge < -0.3 is 25.0 Å². The molecule has 0 saturated heterocycles. The molecule has 0 saturated carbocycles. The van der Waals surface area contributed by atoms with Crippen molar-refractivity contribution in [3.8, 4) is 11.5 Å². The molecule has 0 aliphatic carbocycles. The predicted molar refractivity (Wildman–Crippen MR) is 96.6 cm³/mol. The number of aromatic nitrogens is 2. The average molecular weight is 331 g/mol. The lowest BCUT2D eigenvalue weighted by atomic mass is 10.2. The molecule has 24 heavy (non-hydrogen) atoms. The van der Waals surface area contributed by atoms with Gasteiger partial charge >= 0.3 is 0 Å². The molecule has 2 N–H and O–H groups in total. The zero-order valence-corrected chi connectivity index (χ0v) is 14.9. The number of aryl methyl sites for hydroxylation is 1. The van der Waals surface area contributed by atoms with E-state index in [4.69, 9.17) is 9.47 Å². The summed E-state index contributed by atoms with van der Waals surface area (Å²) in [5.74, 6) is 2.72. The van der Waals surface area contributed by atoms with E-state index in [1.165, 1.54) is 0 Å². The van der Waals surface area contributed by atoms with E-state index >= 15 is 0 Å². The molecular formula is C17H25N5O2. The first kappa shape index (κ1) is 17.8. The summed E-state index contributed by atoms with van der Waals surface area (Å²) in [6, 6.07) is 7.45. The van der Waals surface area contributed by atoms with E-state index in [0.717, 1.165) is 36.0 Å². The second kappa shape index (κ2) is 8.35. The molecule has 1 aromatic heterocycles. The first-order valence-corrected chi connectivity index (χ1v) is 7.75. The minimum absolute atomic E-state index is 0.508. The molecule has 0 unspecified atom stereocenters. The van der Waals surface area contributed by atoms with E-state index in [-0.39, 0.29) is 0 Å². The van der Waals surface area contributed by atoms with Crippen LogP contribution >= 0.6 is 0 Å². The van der Waals surface area contributed by atoms with Crippen molar-refractivity contribution in [2.75, 3.05) is 52.0 Å². The molecule has 2 aromatic rings. The van der Waals surface area contributed by atoms with E-state index in [9.17, 15) is 0 Å². The number of methoxy groups -OCH3 is 2. The highest BCUT2D eigenvalue weighted by Gasteiger charge is 2.08. The molecule has 0 aliphatic heterocycles. The quantitative estimate of drug-likeness (QED) is 0.770. The Balaban J connectivity index is 2.18. The molecule has 0 fully saturated rings.